The summed E-state index contributed by atoms with van der Waals surface area (Å²) in [6.45, 7) is 4.72. The van der Waals surface area contributed by atoms with Crippen molar-refractivity contribution in [1.82, 2.24) is 14.1 Å². The number of thiophene rings is 1. The highest BCUT2D eigenvalue weighted by Crippen LogP contribution is 2.31. The summed E-state index contributed by atoms with van der Waals surface area (Å²) in [5.74, 6) is 0. The van der Waals surface area contributed by atoms with Crippen LogP contribution in [0.4, 0.5) is 0 Å². The van der Waals surface area contributed by atoms with Crippen molar-refractivity contribution >= 4 is 26.9 Å². The van der Waals surface area contributed by atoms with Crippen LogP contribution in [0, 0.1) is 13.8 Å². The van der Waals surface area contributed by atoms with E-state index in [1.165, 1.54) is 11.3 Å². The molecule has 0 bridgehead atoms. The van der Waals surface area contributed by atoms with Gasteiger partial charge < -0.3 is 0 Å². The molecular weight excluding hydrogens is 318 g/mol. The fourth-order valence-electron chi connectivity index (χ4n) is 2.78. The number of rotatable bonds is 3. The van der Waals surface area contributed by atoms with Crippen molar-refractivity contribution in [3.8, 4) is 0 Å². The van der Waals surface area contributed by atoms with Crippen LogP contribution >= 0.6 is 11.3 Å². The molecule has 0 spiro atoms. The molecular formula is C15H19N3O2S2. The Hall–Kier alpha value is -1.44. The van der Waals surface area contributed by atoms with Gasteiger partial charge in [-0.2, -0.15) is 9.40 Å². The molecule has 7 heteroatoms. The molecule has 2 aromatic rings. The van der Waals surface area contributed by atoms with E-state index in [4.69, 9.17) is 0 Å². The minimum absolute atomic E-state index is 0.416. The molecule has 1 aliphatic rings. The van der Waals surface area contributed by atoms with E-state index in [0.717, 1.165) is 21.7 Å². The molecule has 3 rings (SSSR count). The van der Waals surface area contributed by atoms with Gasteiger partial charge in [0.15, 0.2) is 0 Å². The maximum Gasteiger partial charge on any atom is 0.253 e. The zero-order valence-electron chi connectivity index (χ0n) is 12.9. The first-order chi connectivity index (χ1) is 10.4. The van der Waals surface area contributed by atoms with Crippen LogP contribution in [0.2, 0.25) is 0 Å². The number of aryl methyl sites for hydroxylation is 3. The number of sulfonamides is 1. The van der Waals surface area contributed by atoms with E-state index in [1.807, 2.05) is 43.8 Å². The highest BCUT2D eigenvalue weighted by atomic mass is 32.2. The van der Waals surface area contributed by atoms with Crippen molar-refractivity contribution < 1.29 is 8.42 Å². The van der Waals surface area contributed by atoms with Crippen LogP contribution in [0.1, 0.15) is 22.6 Å². The van der Waals surface area contributed by atoms with Crippen molar-refractivity contribution in [3.63, 3.8) is 0 Å². The van der Waals surface area contributed by atoms with Gasteiger partial charge in [0.2, 0.25) is 0 Å². The molecule has 0 amide bonds. The van der Waals surface area contributed by atoms with Crippen LogP contribution in [0.5, 0.6) is 0 Å². The second-order valence-electron chi connectivity index (χ2n) is 5.51. The molecule has 2 aromatic heterocycles. The van der Waals surface area contributed by atoms with Gasteiger partial charge in [-0.3, -0.25) is 4.68 Å². The van der Waals surface area contributed by atoms with Gasteiger partial charge in [-0.05, 0) is 43.5 Å². The summed E-state index contributed by atoms with van der Waals surface area (Å²) < 4.78 is 29.4. The van der Waals surface area contributed by atoms with E-state index >= 15 is 0 Å². The van der Waals surface area contributed by atoms with Crippen LogP contribution in [-0.4, -0.2) is 35.6 Å². The number of nitrogens with zero attached hydrogens (tertiary/aromatic N) is 3. The third-order valence-electron chi connectivity index (χ3n) is 3.89. The van der Waals surface area contributed by atoms with Gasteiger partial charge in [-0.1, -0.05) is 6.08 Å². The monoisotopic (exact) mass is 337 g/mol. The van der Waals surface area contributed by atoms with Gasteiger partial charge >= 0.3 is 0 Å². The van der Waals surface area contributed by atoms with Crippen molar-refractivity contribution in [2.75, 3.05) is 13.1 Å². The molecule has 3 heterocycles. The average molecular weight is 337 g/mol. The Labute approximate surface area is 134 Å². The van der Waals surface area contributed by atoms with Crippen molar-refractivity contribution in [1.29, 1.82) is 0 Å². The van der Waals surface area contributed by atoms with Gasteiger partial charge in [0.1, 0.15) is 4.21 Å². The topological polar surface area (TPSA) is 55.2 Å². The van der Waals surface area contributed by atoms with Gasteiger partial charge in [0.05, 0.1) is 5.69 Å². The summed E-state index contributed by atoms with van der Waals surface area (Å²) in [5, 5.41) is 4.17. The molecule has 0 saturated heterocycles. The van der Waals surface area contributed by atoms with E-state index < -0.39 is 10.0 Å². The lowest BCUT2D eigenvalue weighted by Crippen LogP contribution is -2.34. The van der Waals surface area contributed by atoms with Gasteiger partial charge in [0, 0.05) is 31.2 Å². The maximum atomic E-state index is 12.8. The Bertz CT molecular complexity index is 831. The molecule has 0 N–H and O–H groups in total. The number of aromatic nitrogens is 2. The quantitative estimate of drug-likeness (QED) is 0.865. The molecule has 22 heavy (non-hydrogen) atoms. The average Bonchev–Trinajstić information content (AvgIpc) is 3.05. The summed E-state index contributed by atoms with van der Waals surface area (Å²) in [6.07, 6.45) is 4.47. The van der Waals surface area contributed by atoms with Crippen LogP contribution in [0.3, 0.4) is 0 Å². The van der Waals surface area contributed by atoms with Crippen LogP contribution in [0.15, 0.2) is 28.6 Å². The van der Waals surface area contributed by atoms with E-state index in [-0.39, 0.29) is 0 Å². The minimum Gasteiger partial charge on any atom is -0.268 e. The third-order valence-corrected chi connectivity index (χ3v) is 7.52. The standard InChI is InChI=1S/C15H19N3O2S2/c1-11-10-12(2)21-15(11)22(19,20)18-8-5-13(6-9-18)14-4-7-16-17(14)3/h4-5,7,10H,6,8-9H2,1-3H3. The summed E-state index contributed by atoms with van der Waals surface area (Å²) in [6, 6.07) is 3.89. The van der Waals surface area contributed by atoms with Crippen LogP contribution < -0.4 is 0 Å². The molecule has 0 radical (unpaired) electrons. The number of hydrogen-bond acceptors (Lipinski definition) is 4. The molecule has 0 saturated carbocycles. The Morgan fingerprint density at radius 1 is 1.32 bits per heavy atom. The van der Waals surface area contributed by atoms with E-state index in [2.05, 4.69) is 5.10 Å². The van der Waals surface area contributed by atoms with Gasteiger partial charge in [-0.25, -0.2) is 8.42 Å². The lowest BCUT2D eigenvalue weighted by atomic mass is 10.1. The molecule has 0 atom stereocenters. The predicted octanol–water partition coefficient (Wildman–Crippen LogP) is 2.58. The summed E-state index contributed by atoms with van der Waals surface area (Å²) in [7, 11) is -1.49. The van der Waals surface area contributed by atoms with E-state index in [9.17, 15) is 8.42 Å². The zero-order valence-corrected chi connectivity index (χ0v) is 14.5. The predicted molar refractivity (Wildman–Crippen MR) is 88.4 cm³/mol. The second kappa shape index (κ2) is 5.64. The molecule has 1 aliphatic heterocycles. The summed E-state index contributed by atoms with van der Waals surface area (Å²) >= 11 is 1.35. The van der Waals surface area contributed by atoms with Crippen LogP contribution in [0.25, 0.3) is 5.57 Å². The molecule has 0 unspecified atom stereocenters. The Balaban J connectivity index is 1.85. The molecule has 5 nitrogen and oxygen atoms in total. The maximum absolute atomic E-state index is 12.8. The van der Waals surface area contributed by atoms with E-state index in [0.29, 0.717) is 23.7 Å². The first kappa shape index (κ1) is 15.5. The van der Waals surface area contributed by atoms with Crippen molar-refractivity contribution in [2.24, 2.45) is 7.05 Å². The molecule has 0 aliphatic carbocycles. The highest BCUT2D eigenvalue weighted by Gasteiger charge is 2.29. The minimum atomic E-state index is -3.39. The largest absolute Gasteiger partial charge is 0.268 e. The number of hydrogen-bond donors (Lipinski definition) is 0. The normalized spacial score (nSPS) is 16.8. The SMILES string of the molecule is Cc1cc(C)c(S(=O)(=O)N2CC=C(c3ccnn3C)CC2)s1. The molecule has 0 fully saturated rings. The fraction of sp³-hybridized carbons (Fsp3) is 0.400. The van der Waals surface area contributed by atoms with Crippen molar-refractivity contribution in [2.45, 2.75) is 24.5 Å². The Morgan fingerprint density at radius 3 is 2.59 bits per heavy atom. The summed E-state index contributed by atoms with van der Waals surface area (Å²) in [5.41, 5.74) is 3.05. The second-order valence-corrected chi connectivity index (χ2v) is 8.90. The zero-order chi connectivity index (χ0) is 15.9. The Kier molecular flexibility index (Phi) is 3.96. The first-order valence-electron chi connectivity index (χ1n) is 7.14. The molecule has 0 aromatic carbocycles. The third kappa shape index (κ3) is 2.64. The lowest BCUT2D eigenvalue weighted by Gasteiger charge is -2.25. The summed E-state index contributed by atoms with van der Waals surface area (Å²) in [4.78, 5) is 1.03. The van der Waals surface area contributed by atoms with Crippen molar-refractivity contribution in [3.05, 3.63) is 40.5 Å². The smallest absolute Gasteiger partial charge is 0.253 e. The first-order valence-corrected chi connectivity index (χ1v) is 9.40. The molecule has 118 valence electrons. The van der Waals surface area contributed by atoms with Crippen LogP contribution in [-0.2, 0) is 17.1 Å². The van der Waals surface area contributed by atoms with Gasteiger partial charge in [-0.15, -0.1) is 11.3 Å². The van der Waals surface area contributed by atoms with Gasteiger partial charge in [0.25, 0.3) is 10.0 Å². The Morgan fingerprint density at radius 2 is 2.09 bits per heavy atom. The fourth-order valence-corrected chi connectivity index (χ4v) is 5.97. The lowest BCUT2D eigenvalue weighted by molar-refractivity contribution is 0.441. The highest BCUT2D eigenvalue weighted by molar-refractivity contribution is 7.91. The van der Waals surface area contributed by atoms with E-state index in [1.54, 1.807) is 10.5 Å².